The third kappa shape index (κ3) is 5.61. The van der Waals surface area contributed by atoms with E-state index in [1.807, 2.05) is 31.2 Å². The molecule has 1 fully saturated rings. The van der Waals surface area contributed by atoms with E-state index in [2.05, 4.69) is 41.3 Å². The minimum absolute atomic E-state index is 0.303. The SMILES string of the molecule is CCNC(=NCC(O)c1cccc(OC)c1)NC1CN(C(C)C)CC1C. The predicted octanol–water partition coefficient (Wildman–Crippen LogP) is 2.01. The second-order valence-electron chi connectivity index (χ2n) is 7.29. The molecule has 0 radical (unpaired) electrons. The van der Waals surface area contributed by atoms with Crippen LogP contribution in [-0.4, -0.2) is 61.3 Å². The van der Waals surface area contributed by atoms with Crippen molar-refractivity contribution in [1.29, 1.82) is 0 Å². The monoisotopic (exact) mass is 362 g/mol. The van der Waals surface area contributed by atoms with Crippen LogP contribution in [0.25, 0.3) is 0 Å². The van der Waals surface area contributed by atoms with Crippen molar-refractivity contribution >= 4 is 5.96 Å². The fourth-order valence-corrected chi connectivity index (χ4v) is 3.24. The largest absolute Gasteiger partial charge is 0.497 e. The lowest BCUT2D eigenvalue weighted by Gasteiger charge is -2.22. The number of likely N-dealkylation sites (tertiary alicyclic amines) is 1. The average molecular weight is 363 g/mol. The first-order valence-electron chi connectivity index (χ1n) is 9.55. The second-order valence-corrected chi connectivity index (χ2v) is 7.29. The molecular weight excluding hydrogens is 328 g/mol. The summed E-state index contributed by atoms with van der Waals surface area (Å²) in [6.45, 7) is 12.0. The van der Waals surface area contributed by atoms with Crippen LogP contribution in [0.5, 0.6) is 5.75 Å². The van der Waals surface area contributed by atoms with Crippen LogP contribution >= 0.6 is 0 Å². The van der Waals surface area contributed by atoms with E-state index in [0.29, 0.717) is 24.5 Å². The third-order valence-corrected chi connectivity index (χ3v) is 4.94. The summed E-state index contributed by atoms with van der Waals surface area (Å²) in [5, 5.41) is 17.3. The molecule has 1 saturated heterocycles. The summed E-state index contributed by atoms with van der Waals surface area (Å²) in [6.07, 6.45) is -0.659. The van der Waals surface area contributed by atoms with Gasteiger partial charge in [0.2, 0.25) is 0 Å². The molecule has 1 aromatic carbocycles. The minimum Gasteiger partial charge on any atom is -0.497 e. The fraction of sp³-hybridized carbons (Fsp3) is 0.650. The summed E-state index contributed by atoms with van der Waals surface area (Å²) in [7, 11) is 1.63. The van der Waals surface area contributed by atoms with Gasteiger partial charge in [0, 0.05) is 31.7 Å². The molecule has 1 aliphatic rings. The quantitative estimate of drug-likeness (QED) is 0.511. The standard InChI is InChI=1S/C20H34N4O2/c1-6-21-20(23-18-13-24(14(2)3)12-15(18)4)22-11-19(25)16-8-7-9-17(10-16)26-5/h7-10,14-15,18-19,25H,6,11-13H2,1-5H3,(H2,21,22,23). The molecule has 6 heteroatoms. The van der Waals surface area contributed by atoms with Crippen molar-refractivity contribution in [2.45, 2.75) is 45.9 Å². The Kier molecular flexibility index (Phi) is 7.72. The molecule has 0 aromatic heterocycles. The van der Waals surface area contributed by atoms with E-state index in [9.17, 15) is 5.11 Å². The number of nitrogens with one attached hydrogen (secondary N) is 2. The number of nitrogens with zero attached hydrogens (tertiary/aromatic N) is 2. The van der Waals surface area contributed by atoms with Crippen LogP contribution in [0.3, 0.4) is 0 Å². The van der Waals surface area contributed by atoms with Crippen LogP contribution in [0.1, 0.15) is 39.4 Å². The molecule has 26 heavy (non-hydrogen) atoms. The third-order valence-electron chi connectivity index (χ3n) is 4.94. The zero-order chi connectivity index (χ0) is 19.1. The zero-order valence-electron chi connectivity index (χ0n) is 16.7. The van der Waals surface area contributed by atoms with Crippen molar-refractivity contribution in [3.63, 3.8) is 0 Å². The van der Waals surface area contributed by atoms with E-state index >= 15 is 0 Å². The van der Waals surface area contributed by atoms with E-state index in [-0.39, 0.29) is 0 Å². The number of aliphatic hydroxyl groups is 1. The van der Waals surface area contributed by atoms with Crippen LogP contribution in [0.15, 0.2) is 29.3 Å². The van der Waals surface area contributed by atoms with Crippen molar-refractivity contribution in [2.24, 2.45) is 10.9 Å². The molecule has 146 valence electrons. The lowest BCUT2D eigenvalue weighted by atomic mass is 10.1. The zero-order valence-corrected chi connectivity index (χ0v) is 16.7. The van der Waals surface area contributed by atoms with Crippen molar-refractivity contribution in [3.8, 4) is 5.75 Å². The Morgan fingerprint density at radius 3 is 2.77 bits per heavy atom. The summed E-state index contributed by atoms with van der Waals surface area (Å²) in [6, 6.07) is 8.41. The van der Waals surface area contributed by atoms with Gasteiger partial charge in [0.25, 0.3) is 0 Å². The number of aliphatic imine (C=N–C) groups is 1. The van der Waals surface area contributed by atoms with Crippen LogP contribution in [-0.2, 0) is 0 Å². The first-order chi connectivity index (χ1) is 12.4. The van der Waals surface area contributed by atoms with Crippen molar-refractivity contribution in [1.82, 2.24) is 15.5 Å². The van der Waals surface area contributed by atoms with Gasteiger partial charge in [-0.1, -0.05) is 19.1 Å². The van der Waals surface area contributed by atoms with Crippen LogP contribution < -0.4 is 15.4 Å². The molecule has 0 aliphatic carbocycles. The second kappa shape index (κ2) is 9.78. The van der Waals surface area contributed by atoms with E-state index in [0.717, 1.165) is 36.9 Å². The van der Waals surface area contributed by atoms with Crippen molar-refractivity contribution in [3.05, 3.63) is 29.8 Å². The van der Waals surface area contributed by atoms with Crippen LogP contribution in [0, 0.1) is 5.92 Å². The van der Waals surface area contributed by atoms with Gasteiger partial charge in [-0.15, -0.1) is 0 Å². The lowest BCUT2D eigenvalue weighted by molar-refractivity contribution is 0.186. The smallest absolute Gasteiger partial charge is 0.191 e. The number of benzene rings is 1. The first-order valence-corrected chi connectivity index (χ1v) is 9.55. The van der Waals surface area contributed by atoms with Gasteiger partial charge in [0.15, 0.2) is 5.96 Å². The van der Waals surface area contributed by atoms with Gasteiger partial charge in [-0.3, -0.25) is 9.89 Å². The highest BCUT2D eigenvalue weighted by atomic mass is 16.5. The van der Waals surface area contributed by atoms with Gasteiger partial charge in [0.1, 0.15) is 5.75 Å². The van der Waals surface area contributed by atoms with Crippen molar-refractivity contribution in [2.75, 3.05) is 33.3 Å². The lowest BCUT2D eigenvalue weighted by Crippen LogP contribution is -2.47. The highest BCUT2D eigenvalue weighted by Crippen LogP contribution is 2.20. The number of ether oxygens (including phenoxy) is 1. The van der Waals surface area contributed by atoms with Gasteiger partial charge in [-0.2, -0.15) is 0 Å². The Labute approximate surface area is 157 Å². The number of methoxy groups -OCH3 is 1. The number of hydrogen-bond donors (Lipinski definition) is 3. The molecule has 0 bridgehead atoms. The summed E-state index contributed by atoms with van der Waals surface area (Å²) in [5.41, 5.74) is 0.809. The maximum absolute atomic E-state index is 10.5. The summed E-state index contributed by atoms with van der Waals surface area (Å²) >= 11 is 0. The summed E-state index contributed by atoms with van der Waals surface area (Å²) in [5.74, 6) is 2.06. The van der Waals surface area contributed by atoms with Crippen LogP contribution in [0.4, 0.5) is 0 Å². The molecule has 1 aromatic rings. The maximum atomic E-state index is 10.5. The van der Waals surface area contributed by atoms with E-state index in [1.54, 1.807) is 7.11 Å². The first kappa shape index (κ1) is 20.5. The van der Waals surface area contributed by atoms with Gasteiger partial charge in [0.05, 0.1) is 19.8 Å². The van der Waals surface area contributed by atoms with E-state index < -0.39 is 6.10 Å². The number of hydrogen-bond acceptors (Lipinski definition) is 4. The van der Waals surface area contributed by atoms with E-state index in [1.165, 1.54) is 0 Å². The molecule has 1 aliphatic heterocycles. The van der Waals surface area contributed by atoms with Gasteiger partial charge in [-0.25, -0.2) is 0 Å². The Morgan fingerprint density at radius 1 is 1.38 bits per heavy atom. The van der Waals surface area contributed by atoms with Crippen molar-refractivity contribution < 1.29 is 9.84 Å². The molecule has 0 saturated carbocycles. The highest BCUT2D eigenvalue weighted by Gasteiger charge is 2.31. The molecule has 6 nitrogen and oxygen atoms in total. The van der Waals surface area contributed by atoms with Crippen LogP contribution in [0.2, 0.25) is 0 Å². The summed E-state index contributed by atoms with van der Waals surface area (Å²) in [4.78, 5) is 7.08. The Balaban J connectivity index is 1.99. The predicted molar refractivity (Wildman–Crippen MR) is 107 cm³/mol. The molecule has 3 N–H and O–H groups in total. The molecular formula is C20H34N4O2. The Hall–Kier alpha value is -1.79. The molecule has 1 heterocycles. The Morgan fingerprint density at radius 2 is 2.15 bits per heavy atom. The number of guanidine groups is 1. The topological polar surface area (TPSA) is 69.1 Å². The fourth-order valence-electron chi connectivity index (χ4n) is 3.24. The number of aliphatic hydroxyl groups excluding tert-OH is 1. The summed E-state index contributed by atoms with van der Waals surface area (Å²) < 4.78 is 5.22. The highest BCUT2D eigenvalue weighted by molar-refractivity contribution is 5.80. The van der Waals surface area contributed by atoms with Gasteiger partial charge >= 0.3 is 0 Å². The maximum Gasteiger partial charge on any atom is 0.191 e. The number of rotatable bonds is 7. The Bertz CT molecular complexity index is 591. The molecule has 3 atom stereocenters. The molecule has 0 spiro atoms. The van der Waals surface area contributed by atoms with E-state index in [4.69, 9.17) is 4.74 Å². The molecule has 3 unspecified atom stereocenters. The van der Waals surface area contributed by atoms with Gasteiger partial charge in [-0.05, 0) is 44.4 Å². The van der Waals surface area contributed by atoms with Gasteiger partial charge < -0.3 is 20.5 Å². The minimum atomic E-state index is -0.659. The molecule has 2 rings (SSSR count). The normalized spacial score (nSPS) is 22.5. The molecule has 0 amide bonds. The average Bonchev–Trinajstić information content (AvgIpc) is 3.00.